The Balaban J connectivity index is 1.41. The van der Waals surface area contributed by atoms with E-state index in [0.29, 0.717) is 0 Å². The van der Waals surface area contributed by atoms with Crippen LogP contribution in [0.5, 0.6) is 0 Å². The Morgan fingerprint density at radius 3 is 2.54 bits per heavy atom. The molecule has 0 radical (unpaired) electrons. The summed E-state index contributed by atoms with van der Waals surface area (Å²) in [6.07, 6.45) is 5.69. The van der Waals surface area contributed by atoms with Crippen LogP contribution in [0.2, 0.25) is 0 Å². The number of nitriles is 1. The van der Waals surface area contributed by atoms with Crippen LogP contribution in [0.3, 0.4) is 0 Å². The van der Waals surface area contributed by atoms with E-state index < -0.39 is 0 Å². The minimum atomic E-state index is 0.730. The molecule has 0 bridgehead atoms. The number of benzene rings is 1. The highest BCUT2D eigenvalue weighted by atomic mass is 15.3. The van der Waals surface area contributed by atoms with Gasteiger partial charge in [0.1, 0.15) is 12.7 Å². The monoisotopic (exact) mass is 324 g/mol. The summed E-state index contributed by atoms with van der Waals surface area (Å²) >= 11 is 0. The summed E-state index contributed by atoms with van der Waals surface area (Å²) in [5, 5.41) is 13.0. The van der Waals surface area contributed by atoms with Gasteiger partial charge in [0.15, 0.2) is 0 Å². The number of hydrogen-bond donors (Lipinski definition) is 0. The molecule has 0 atom stereocenters. The SMILES string of the molecule is N#Cc1ccc(CN2CCCN(CCCn3cncn3)CC2)cc1. The van der Waals surface area contributed by atoms with E-state index in [9.17, 15) is 0 Å². The van der Waals surface area contributed by atoms with Crippen molar-refractivity contribution in [1.29, 1.82) is 5.26 Å². The first-order chi connectivity index (χ1) is 11.8. The van der Waals surface area contributed by atoms with Gasteiger partial charge in [-0.15, -0.1) is 0 Å². The van der Waals surface area contributed by atoms with Crippen LogP contribution in [0, 0.1) is 11.3 Å². The van der Waals surface area contributed by atoms with Crippen molar-refractivity contribution < 1.29 is 0 Å². The van der Waals surface area contributed by atoms with Gasteiger partial charge >= 0.3 is 0 Å². The van der Waals surface area contributed by atoms with E-state index >= 15 is 0 Å². The zero-order valence-electron chi connectivity index (χ0n) is 14.0. The second-order valence-electron chi connectivity index (χ2n) is 6.29. The highest BCUT2D eigenvalue weighted by Crippen LogP contribution is 2.10. The highest BCUT2D eigenvalue weighted by molar-refractivity contribution is 5.31. The van der Waals surface area contributed by atoms with E-state index in [-0.39, 0.29) is 0 Å². The first-order valence-electron chi connectivity index (χ1n) is 8.59. The summed E-state index contributed by atoms with van der Waals surface area (Å²) in [5.74, 6) is 0. The van der Waals surface area contributed by atoms with Gasteiger partial charge in [-0.3, -0.25) is 9.58 Å². The first-order valence-corrected chi connectivity index (χ1v) is 8.59. The van der Waals surface area contributed by atoms with Gasteiger partial charge in [0, 0.05) is 26.2 Å². The standard InChI is InChI=1S/C18H24N6/c19-13-17-3-5-18(6-4-17)14-23-9-1-7-22(11-12-23)8-2-10-24-16-20-15-21-24/h3-6,15-16H,1-2,7-12,14H2. The highest BCUT2D eigenvalue weighted by Gasteiger charge is 2.14. The van der Waals surface area contributed by atoms with Gasteiger partial charge in [-0.2, -0.15) is 10.4 Å². The summed E-state index contributed by atoms with van der Waals surface area (Å²) in [6.45, 7) is 7.55. The zero-order valence-corrected chi connectivity index (χ0v) is 14.0. The second-order valence-corrected chi connectivity index (χ2v) is 6.29. The topological polar surface area (TPSA) is 61.0 Å². The maximum absolute atomic E-state index is 8.87. The van der Waals surface area contributed by atoms with Gasteiger partial charge in [-0.1, -0.05) is 12.1 Å². The molecule has 6 nitrogen and oxygen atoms in total. The zero-order chi connectivity index (χ0) is 16.6. The Bertz CT molecular complexity index is 643. The normalized spacial score (nSPS) is 16.6. The van der Waals surface area contributed by atoms with Crippen molar-refractivity contribution in [1.82, 2.24) is 24.6 Å². The summed E-state index contributed by atoms with van der Waals surface area (Å²) in [7, 11) is 0. The summed E-state index contributed by atoms with van der Waals surface area (Å²) in [4.78, 5) is 9.04. The number of rotatable bonds is 6. The molecular formula is C18H24N6. The quantitative estimate of drug-likeness (QED) is 0.810. The van der Waals surface area contributed by atoms with Crippen molar-refractivity contribution in [3.05, 3.63) is 48.0 Å². The predicted molar refractivity (Wildman–Crippen MR) is 92.1 cm³/mol. The Morgan fingerprint density at radius 1 is 1.00 bits per heavy atom. The molecule has 0 aliphatic carbocycles. The molecule has 2 heterocycles. The molecule has 3 rings (SSSR count). The van der Waals surface area contributed by atoms with E-state index in [1.807, 2.05) is 16.8 Å². The fraction of sp³-hybridized carbons (Fsp3) is 0.500. The fourth-order valence-corrected chi connectivity index (χ4v) is 3.15. The van der Waals surface area contributed by atoms with Gasteiger partial charge < -0.3 is 4.90 Å². The lowest BCUT2D eigenvalue weighted by molar-refractivity contribution is 0.247. The van der Waals surface area contributed by atoms with Crippen LogP contribution in [-0.4, -0.2) is 57.3 Å². The van der Waals surface area contributed by atoms with Gasteiger partial charge in [0.05, 0.1) is 11.6 Å². The van der Waals surface area contributed by atoms with Crippen molar-refractivity contribution in [3.63, 3.8) is 0 Å². The van der Waals surface area contributed by atoms with Crippen LogP contribution >= 0.6 is 0 Å². The number of aryl methyl sites for hydroxylation is 1. The molecule has 6 heteroatoms. The van der Waals surface area contributed by atoms with Crippen LogP contribution in [0.25, 0.3) is 0 Å². The van der Waals surface area contributed by atoms with E-state index in [2.05, 4.69) is 38.1 Å². The number of hydrogen-bond acceptors (Lipinski definition) is 5. The van der Waals surface area contributed by atoms with E-state index in [1.54, 1.807) is 12.7 Å². The van der Waals surface area contributed by atoms with E-state index in [0.717, 1.165) is 51.3 Å². The maximum atomic E-state index is 8.87. The molecular weight excluding hydrogens is 300 g/mol. The van der Waals surface area contributed by atoms with Crippen molar-refractivity contribution in [3.8, 4) is 6.07 Å². The fourth-order valence-electron chi connectivity index (χ4n) is 3.15. The van der Waals surface area contributed by atoms with Crippen LogP contribution in [-0.2, 0) is 13.1 Å². The third-order valence-corrected chi connectivity index (χ3v) is 4.50. The Morgan fingerprint density at radius 2 is 1.79 bits per heavy atom. The lowest BCUT2D eigenvalue weighted by atomic mass is 10.1. The third kappa shape index (κ3) is 4.88. The largest absolute Gasteiger partial charge is 0.302 e. The van der Waals surface area contributed by atoms with Gasteiger partial charge in [0.25, 0.3) is 0 Å². The molecule has 0 spiro atoms. The van der Waals surface area contributed by atoms with Crippen molar-refractivity contribution in [2.75, 3.05) is 32.7 Å². The average Bonchev–Trinajstić information content (AvgIpc) is 3.03. The van der Waals surface area contributed by atoms with Crippen molar-refractivity contribution >= 4 is 0 Å². The molecule has 1 fully saturated rings. The van der Waals surface area contributed by atoms with Crippen LogP contribution in [0.4, 0.5) is 0 Å². The third-order valence-electron chi connectivity index (χ3n) is 4.50. The van der Waals surface area contributed by atoms with Gasteiger partial charge in [-0.25, -0.2) is 4.98 Å². The number of aromatic nitrogens is 3. The average molecular weight is 324 g/mol. The lowest BCUT2D eigenvalue weighted by Crippen LogP contribution is -2.31. The van der Waals surface area contributed by atoms with E-state index in [1.165, 1.54) is 18.5 Å². The first kappa shape index (κ1) is 16.6. The minimum absolute atomic E-state index is 0.730. The predicted octanol–water partition coefficient (Wildman–Crippen LogP) is 1.75. The molecule has 0 amide bonds. The van der Waals surface area contributed by atoms with Crippen LogP contribution in [0.15, 0.2) is 36.9 Å². The molecule has 1 aromatic carbocycles. The van der Waals surface area contributed by atoms with E-state index in [4.69, 9.17) is 5.26 Å². The van der Waals surface area contributed by atoms with Crippen LogP contribution < -0.4 is 0 Å². The molecule has 0 saturated carbocycles. The van der Waals surface area contributed by atoms with Gasteiger partial charge in [0.2, 0.25) is 0 Å². The molecule has 126 valence electrons. The molecule has 24 heavy (non-hydrogen) atoms. The maximum Gasteiger partial charge on any atom is 0.137 e. The molecule has 0 unspecified atom stereocenters. The lowest BCUT2D eigenvalue weighted by Gasteiger charge is -2.21. The van der Waals surface area contributed by atoms with Crippen molar-refractivity contribution in [2.24, 2.45) is 0 Å². The Hall–Kier alpha value is -2.23. The molecule has 2 aromatic rings. The summed E-state index contributed by atoms with van der Waals surface area (Å²) in [6, 6.07) is 10.1. The molecule has 1 aliphatic rings. The molecule has 0 N–H and O–H groups in total. The number of nitrogens with zero attached hydrogens (tertiary/aromatic N) is 6. The van der Waals surface area contributed by atoms with Gasteiger partial charge in [-0.05, 0) is 50.2 Å². The Labute approximate surface area is 143 Å². The molecule has 1 aliphatic heterocycles. The molecule has 1 aromatic heterocycles. The minimum Gasteiger partial charge on any atom is -0.302 e. The Kier molecular flexibility index (Phi) is 5.94. The van der Waals surface area contributed by atoms with Crippen LogP contribution in [0.1, 0.15) is 24.0 Å². The molecule has 1 saturated heterocycles. The summed E-state index contributed by atoms with van der Waals surface area (Å²) < 4.78 is 1.90. The smallest absolute Gasteiger partial charge is 0.137 e. The van der Waals surface area contributed by atoms with Crippen molar-refractivity contribution in [2.45, 2.75) is 25.9 Å². The summed E-state index contributed by atoms with van der Waals surface area (Å²) in [5.41, 5.74) is 2.02. The second kappa shape index (κ2) is 8.57.